The summed E-state index contributed by atoms with van der Waals surface area (Å²) in [5.41, 5.74) is 7.78. The highest BCUT2D eigenvalue weighted by Gasteiger charge is 2.17. The van der Waals surface area contributed by atoms with E-state index >= 15 is 0 Å². The molecule has 0 fully saturated rings. The first kappa shape index (κ1) is 15.4. The molecule has 0 spiro atoms. The number of hydrogen-bond donors (Lipinski definition) is 1. The Morgan fingerprint density at radius 2 is 1.86 bits per heavy atom. The summed E-state index contributed by atoms with van der Waals surface area (Å²) < 4.78 is 27.8. The lowest BCUT2D eigenvalue weighted by Crippen LogP contribution is -2.23. The van der Waals surface area contributed by atoms with Crippen LogP contribution in [0.5, 0.6) is 0 Å². The molecule has 2 aromatic rings. The normalized spacial score (nSPS) is 12.2. The van der Waals surface area contributed by atoms with Gasteiger partial charge >= 0.3 is 0 Å². The van der Waals surface area contributed by atoms with Crippen LogP contribution in [0.2, 0.25) is 0 Å². The standard InChI is InChI=1S/C17H20F2N2/c1-3-21(15-8-5-7-14(18)11-15)17-13(10-12(2)20)6-4-9-16(17)19/h4-9,11-12H,3,10,20H2,1-2H3. The van der Waals surface area contributed by atoms with Crippen LogP contribution in [0, 0.1) is 11.6 Å². The Labute approximate surface area is 124 Å². The molecule has 0 aliphatic heterocycles. The number of para-hydroxylation sites is 1. The molecular weight excluding hydrogens is 270 g/mol. The predicted octanol–water partition coefficient (Wildman–Crippen LogP) is 4.01. The number of halogens is 2. The summed E-state index contributed by atoms with van der Waals surface area (Å²) >= 11 is 0. The zero-order valence-corrected chi connectivity index (χ0v) is 12.3. The highest BCUT2D eigenvalue weighted by atomic mass is 19.1. The fourth-order valence-corrected chi connectivity index (χ4v) is 2.49. The summed E-state index contributed by atoms with van der Waals surface area (Å²) in [4.78, 5) is 1.77. The number of nitrogens with zero attached hydrogens (tertiary/aromatic N) is 1. The Bertz CT molecular complexity index is 611. The highest BCUT2D eigenvalue weighted by Crippen LogP contribution is 2.32. The van der Waals surface area contributed by atoms with Gasteiger partial charge in [0.1, 0.15) is 11.6 Å². The Balaban J connectivity index is 2.51. The number of benzene rings is 2. The lowest BCUT2D eigenvalue weighted by atomic mass is 10.0. The smallest absolute Gasteiger partial charge is 0.147 e. The van der Waals surface area contributed by atoms with Gasteiger partial charge in [-0.15, -0.1) is 0 Å². The minimum absolute atomic E-state index is 0.0724. The number of hydrogen-bond acceptors (Lipinski definition) is 2. The predicted molar refractivity (Wildman–Crippen MR) is 82.8 cm³/mol. The van der Waals surface area contributed by atoms with Crippen molar-refractivity contribution in [3.8, 4) is 0 Å². The van der Waals surface area contributed by atoms with Crippen LogP contribution in [0.4, 0.5) is 20.2 Å². The van der Waals surface area contributed by atoms with Gasteiger partial charge in [0.2, 0.25) is 0 Å². The third-order valence-corrected chi connectivity index (χ3v) is 3.32. The topological polar surface area (TPSA) is 29.3 Å². The minimum Gasteiger partial charge on any atom is -0.339 e. The first-order valence-electron chi connectivity index (χ1n) is 7.09. The molecule has 112 valence electrons. The van der Waals surface area contributed by atoms with E-state index in [0.29, 0.717) is 24.3 Å². The lowest BCUT2D eigenvalue weighted by molar-refractivity contribution is 0.617. The van der Waals surface area contributed by atoms with Crippen molar-refractivity contribution in [3.63, 3.8) is 0 Å². The molecule has 0 amide bonds. The van der Waals surface area contributed by atoms with E-state index in [1.54, 1.807) is 23.1 Å². The molecular formula is C17H20F2N2. The van der Waals surface area contributed by atoms with Crippen LogP contribution in [0.1, 0.15) is 19.4 Å². The van der Waals surface area contributed by atoms with Gasteiger partial charge in [0.25, 0.3) is 0 Å². The molecule has 0 aliphatic rings. The Morgan fingerprint density at radius 3 is 2.48 bits per heavy atom. The second kappa shape index (κ2) is 6.68. The first-order chi connectivity index (χ1) is 10.0. The van der Waals surface area contributed by atoms with Crippen LogP contribution in [-0.2, 0) is 6.42 Å². The van der Waals surface area contributed by atoms with Crippen LogP contribution in [0.15, 0.2) is 42.5 Å². The maximum Gasteiger partial charge on any atom is 0.147 e. The Kier molecular flexibility index (Phi) is 4.91. The van der Waals surface area contributed by atoms with Crippen LogP contribution in [0.3, 0.4) is 0 Å². The second-order valence-electron chi connectivity index (χ2n) is 5.15. The summed E-state index contributed by atoms with van der Waals surface area (Å²) in [6.45, 7) is 4.33. The SMILES string of the molecule is CCN(c1cccc(F)c1)c1c(F)cccc1CC(C)N. The molecule has 1 unspecified atom stereocenters. The molecule has 2 N–H and O–H groups in total. The minimum atomic E-state index is -0.337. The van der Waals surface area contributed by atoms with Crippen molar-refractivity contribution in [2.45, 2.75) is 26.3 Å². The average Bonchev–Trinajstić information content (AvgIpc) is 2.42. The third-order valence-electron chi connectivity index (χ3n) is 3.32. The summed E-state index contributed by atoms with van der Waals surface area (Å²) in [6.07, 6.45) is 0.568. The van der Waals surface area contributed by atoms with Gasteiger partial charge in [0.15, 0.2) is 0 Å². The molecule has 0 saturated heterocycles. The Morgan fingerprint density at radius 1 is 1.14 bits per heavy atom. The van der Waals surface area contributed by atoms with E-state index in [2.05, 4.69) is 0 Å². The lowest BCUT2D eigenvalue weighted by Gasteiger charge is -2.27. The van der Waals surface area contributed by atoms with Crippen LogP contribution in [0.25, 0.3) is 0 Å². The molecule has 4 heteroatoms. The molecule has 2 rings (SSSR count). The van der Waals surface area contributed by atoms with Crippen LogP contribution < -0.4 is 10.6 Å². The number of nitrogens with two attached hydrogens (primary N) is 1. The van der Waals surface area contributed by atoms with Gasteiger partial charge < -0.3 is 10.6 Å². The highest BCUT2D eigenvalue weighted by molar-refractivity contribution is 5.67. The van der Waals surface area contributed by atoms with E-state index in [1.165, 1.54) is 18.2 Å². The van der Waals surface area contributed by atoms with Crippen molar-refractivity contribution in [1.82, 2.24) is 0 Å². The average molecular weight is 290 g/mol. The first-order valence-corrected chi connectivity index (χ1v) is 7.09. The zero-order valence-electron chi connectivity index (χ0n) is 12.3. The van der Waals surface area contributed by atoms with Crippen molar-refractivity contribution < 1.29 is 8.78 Å². The van der Waals surface area contributed by atoms with Crippen molar-refractivity contribution in [3.05, 3.63) is 59.7 Å². The van der Waals surface area contributed by atoms with E-state index in [-0.39, 0.29) is 17.7 Å². The van der Waals surface area contributed by atoms with Gasteiger partial charge in [-0.25, -0.2) is 8.78 Å². The van der Waals surface area contributed by atoms with Gasteiger partial charge in [0, 0.05) is 18.3 Å². The van der Waals surface area contributed by atoms with E-state index < -0.39 is 0 Å². The monoisotopic (exact) mass is 290 g/mol. The van der Waals surface area contributed by atoms with Gasteiger partial charge in [-0.3, -0.25) is 0 Å². The molecule has 0 aliphatic carbocycles. The molecule has 1 atom stereocenters. The van der Waals surface area contributed by atoms with Crippen LogP contribution in [-0.4, -0.2) is 12.6 Å². The van der Waals surface area contributed by atoms with E-state index in [9.17, 15) is 8.78 Å². The molecule has 2 nitrogen and oxygen atoms in total. The molecule has 21 heavy (non-hydrogen) atoms. The quantitative estimate of drug-likeness (QED) is 0.901. The van der Waals surface area contributed by atoms with E-state index in [4.69, 9.17) is 5.73 Å². The van der Waals surface area contributed by atoms with Crippen molar-refractivity contribution in [1.29, 1.82) is 0 Å². The molecule has 0 radical (unpaired) electrons. The molecule has 0 bridgehead atoms. The number of rotatable bonds is 5. The summed E-state index contributed by atoms with van der Waals surface area (Å²) in [5.74, 6) is -0.657. The molecule has 0 aromatic heterocycles. The summed E-state index contributed by atoms with van der Waals surface area (Å²) in [6, 6.07) is 11.1. The van der Waals surface area contributed by atoms with Crippen molar-refractivity contribution in [2.75, 3.05) is 11.4 Å². The zero-order chi connectivity index (χ0) is 15.4. The van der Waals surface area contributed by atoms with Crippen molar-refractivity contribution >= 4 is 11.4 Å². The molecule has 0 heterocycles. The summed E-state index contributed by atoms with van der Waals surface area (Å²) in [5, 5.41) is 0. The molecule has 2 aromatic carbocycles. The Hall–Kier alpha value is -1.94. The van der Waals surface area contributed by atoms with E-state index in [1.807, 2.05) is 19.9 Å². The van der Waals surface area contributed by atoms with Gasteiger partial charge in [-0.2, -0.15) is 0 Å². The fraction of sp³-hybridized carbons (Fsp3) is 0.294. The van der Waals surface area contributed by atoms with Gasteiger partial charge in [0.05, 0.1) is 5.69 Å². The fourth-order valence-electron chi connectivity index (χ4n) is 2.49. The van der Waals surface area contributed by atoms with Gasteiger partial charge in [-0.05, 0) is 50.1 Å². The number of anilines is 2. The maximum atomic E-state index is 14.3. The van der Waals surface area contributed by atoms with Crippen molar-refractivity contribution in [2.24, 2.45) is 5.73 Å². The second-order valence-corrected chi connectivity index (χ2v) is 5.15. The van der Waals surface area contributed by atoms with Crippen LogP contribution >= 0.6 is 0 Å². The third kappa shape index (κ3) is 3.58. The van der Waals surface area contributed by atoms with E-state index in [0.717, 1.165) is 5.56 Å². The van der Waals surface area contributed by atoms with Gasteiger partial charge in [-0.1, -0.05) is 18.2 Å². The largest absolute Gasteiger partial charge is 0.339 e. The summed E-state index contributed by atoms with van der Waals surface area (Å²) in [7, 11) is 0. The molecule has 0 saturated carbocycles. The maximum absolute atomic E-state index is 14.3.